The molecule has 0 radical (unpaired) electrons. The molecule has 25 heavy (non-hydrogen) atoms. The molecule has 1 N–H and O–H groups in total. The van der Waals surface area contributed by atoms with Crippen molar-refractivity contribution in [3.8, 4) is 11.4 Å². The van der Waals surface area contributed by atoms with Crippen molar-refractivity contribution in [1.82, 2.24) is 34.6 Å². The van der Waals surface area contributed by atoms with Crippen LogP contribution >= 0.6 is 0 Å². The molecule has 128 valence electrons. The van der Waals surface area contributed by atoms with Crippen LogP contribution in [0.3, 0.4) is 0 Å². The van der Waals surface area contributed by atoms with Crippen molar-refractivity contribution in [2.24, 2.45) is 7.05 Å². The molecule has 8 heteroatoms. The average Bonchev–Trinajstić information content (AvgIpc) is 3.19. The summed E-state index contributed by atoms with van der Waals surface area (Å²) in [5.74, 6) is 2.08. The van der Waals surface area contributed by atoms with E-state index < -0.39 is 0 Å². The van der Waals surface area contributed by atoms with E-state index >= 15 is 0 Å². The molecule has 0 spiro atoms. The van der Waals surface area contributed by atoms with Crippen molar-refractivity contribution in [1.29, 1.82) is 0 Å². The summed E-state index contributed by atoms with van der Waals surface area (Å²) in [6, 6.07) is 3.96. The van der Waals surface area contributed by atoms with Gasteiger partial charge in [0, 0.05) is 56.4 Å². The second-order valence-electron chi connectivity index (χ2n) is 6.19. The molecule has 4 heterocycles. The molecular weight excluding hydrogens is 318 g/mol. The van der Waals surface area contributed by atoms with Crippen LogP contribution in [0.2, 0.25) is 0 Å². The molecule has 0 aliphatic carbocycles. The summed E-state index contributed by atoms with van der Waals surface area (Å²) >= 11 is 0. The maximum absolute atomic E-state index is 12.4. The SMILES string of the molecule is Cn1ccnc1C(=O)NC1CCc2nnc(-c3cccnc3)n2CC1. The maximum atomic E-state index is 12.4. The van der Waals surface area contributed by atoms with Crippen LogP contribution in [0.25, 0.3) is 11.4 Å². The molecule has 1 aliphatic rings. The number of hydrogen-bond donors (Lipinski definition) is 1. The number of aryl methyl sites for hydroxylation is 2. The third-order valence-corrected chi connectivity index (χ3v) is 4.52. The van der Waals surface area contributed by atoms with Gasteiger partial charge in [0.1, 0.15) is 5.82 Å². The van der Waals surface area contributed by atoms with Gasteiger partial charge in [0.25, 0.3) is 5.91 Å². The number of nitrogens with zero attached hydrogens (tertiary/aromatic N) is 6. The zero-order valence-electron chi connectivity index (χ0n) is 14.0. The van der Waals surface area contributed by atoms with Crippen LogP contribution in [-0.4, -0.2) is 41.2 Å². The normalized spacial score (nSPS) is 16.9. The van der Waals surface area contributed by atoms with E-state index in [9.17, 15) is 4.79 Å². The van der Waals surface area contributed by atoms with Crippen LogP contribution < -0.4 is 5.32 Å². The van der Waals surface area contributed by atoms with Gasteiger partial charge < -0.3 is 14.5 Å². The van der Waals surface area contributed by atoms with Gasteiger partial charge in [-0.25, -0.2) is 4.98 Å². The molecule has 1 aliphatic heterocycles. The van der Waals surface area contributed by atoms with Crippen molar-refractivity contribution < 1.29 is 4.79 Å². The van der Waals surface area contributed by atoms with Crippen molar-refractivity contribution in [2.45, 2.75) is 31.8 Å². The fraction of sp³-hybridized carbons (Fsp3) is 0.353. The Labute approximate surface area is 144 Å². The van der Waals surface area contributed by atoms with E-state index in [0.717, 1.165) is 43.0 Å². The molecule has 3 aromatic rings. The number of pyridine rings is 1. The molecule has 8 nitrogen and oxygen atoms in total. The minimum atomic E-state index is -0.136. The standard InChI is InChI=1S/C17H19N7O/c1-23-10-8-19-16(23)17(25)20-13-4-5-14-21-22-15(24(14)9-6-13)12-3-2-7-18-11-12/h2-3,7-8,10-11,13H,4-6,9H2,1H3,(H,20,25). The first-order valence-corrected chi connectivity index (χ1v) is 8.33. The molecule has 0 fully saturated rings. The quantitative estimate of drug-likeness (QED) is 0.776. The molecule has 0 saturated heterocycles. The highest BCUT2D eigenvalue weighted by Gasteiger charge is 2.23. The van der Waals surface area contributed by atoms with Gasteiger partial charge in [-0.05, 0) is 25.0 Å². The molecule has 0 aromatic carbocycles. The Bertz CT molecular complexity index is 884. The van der Waals surface area contributed by atoms with Crippen molar-refractivity contribution in [2.75, 3.05) is 0 Å². The summed E-state index contributed by atoms with van der Waals surface area (Å²) in [5, 5.41) is 11.7. The summed E-state index contributed by atoms with van der Waals surface area (Å²) < 4.78 is 3.85. The van der Waals surface area contributed by atoms with Gasteiger partial charge in [0.15, 0.2) is 11.6 Å². The number of carbonyl (C=O) groups excluding carboxylic acids is 1. The van der Waals surface area contributed by atoms with E-state index in [-0.39, 0.29) is 11.9 Å². The number of fused-ring (bicyclic) bond motifs is 1. The van der Waals surface area contributed by atoms with Crippen LogP contribution in [0.15, 0.2) is 36.9 Å². The molecule has 1 amide bonds. The summed E-state index contributed by atoms with van der Waals surface area (Å²) in [4.78, 5) is 20.6. The Morgan fingerprint density at radius 3 is 2.96 bits per heavy atom. The second-order valence-corrected chi connectivity index (χ2v) is 6.19. The van der Waals surface area contributed by atoms with E-state index in [1.807, 2.05) is 19.2 Å². The van der Waals surface area contributed by atoms with E-state index in [2.05, 4.69) is 30.0 Å². The van der Waals surface area contributed by atoms with Gasteiger partial charge in [0.05, 0.1) is 0 Å². The smallest absolute Gasteiger partial charge is 0.287 e. The van der Waals surface area contributed by atoms with Crippen LogP contribution in [-0.2, 0) is 20.0 Å². The first-order valence-electron chi connectivity index (χ1n) is 8.33. The third kappa shape index (κ3) is 3.02. The lowest BCUT2D eigenvalue weighted by molar-refractivity contribution is 0.0919. The van der Waals surface area contributed by atoms with E-state index in [4.69, 9.17) is 0 Å². The summed E-state index contributed by atoms with van der Waals surface area (Å²) in [6.45, 7) is 0.762. The minimum absolute atomic E-state index is 0.0904. The Balaban J connectivity index is 1.48. The van der Waals surface area contributed by atoms with Gasteiger partial charge in [-0.15, -0.1) is 10.2 Å². The monoisotopic (exact) mass is 337 g/mol. The average molecular weight is 337 g/mol. The van der Waals surface area contributed by atoms with Crippen LogP contribution in [0.4, 0.5) is 0 Å². The molecule has 1 atom stereocenters. The number of imidazole rings is 1. The molecule has 3 aromatic heterocycles. The first kappa shape index (κ1) is 15.5. The number of aromatic nitrogens is 6. The lowest BCUT2D eigenvalue weighted by Gasteiger charge is -2.16. The van der Waals surface area contributed by atoms with Gasteiger partial charge in [-0.2, -0.15) is 0 Å². The van der Waals surface area contributed by atoms with E-state index in [0.29, 0.717) is 5.82 Å². The van der Waals surface area contributed by atoms with Crippen molar-refractivity contribution in [3.63, 3.8) is 0 Å². The van der Waals surface area contributed by atoms with Crippen molar-refractivity contribution >= 4 is 5.91 Å². The van der Waals surface area contributed by atoms with Crippen LogP contribution in [0.1, 0.15) is 29.3 Å². The zero-order chi connectivity index (χ0) is 17.2. The fourth-order valence-corrected chi connectivity index (χ4v) is 3.18. The third-order valence-electron chi connectivity index (χ3n) is 4.52. The molecule has 4 rings (SSSR count). The lowest BCUT2D eigenvalue weighted by atomic mass is 10.1. The number of carbonyl (C=O) groups is 1. The Morgan fingerprint density at radius 1 is 1.28 bits per heavy atom. The van der Waals surface area contributed by atoms with Crippen LogP contribution in [0.5, 0.6) is 0 Å². The topological polar surface area (TPSA) is 90.5 Å². The number of amides is 1. The van der Waals surface area contributed by atoms with Gasteiger partial charge in [-0.3, -0.25) is 9.78 Å². The maximum Gasteiger partial charge on any atom is 0.287 e. The van der Waals surface area contributed by atoms with E-state index in [1.54, 1.807) is 29.4 Å². The molecule has 0 bridgehead atoms. The number of nitrogens with one attached hydrogen (secondary N) is 1. The Morgan fingerprint density at radius 2 is 2.20 bits per heavy atom. The number of rotatable bonds is 3. The van der Waals surface area contributed by atoms with Crippen molar-refractivity contribution in [3.05, 3.63) is 48.6 Å². The number of hydrogen-bond acceptors (Lipinski definition) is 5. The largest absolute Gasteiger partial charge is 0.347 e. The van der Waals surface area contributed by atoms with E-state index in [1.165, 1.54) is 0 Å². The summed E-state index contributed by atoms with van der Waals surface area (Å²) in [7, 11) is 1.82. The van der Waals surface area contributed by atoms with Gasteiger partial charge >= 0.3 is 0 Å². The molecule has 0 saturated carbocycles. The van der Waals surface area contributed by atoms with Gasteiger partial charge in [0.2, 0.25) is 0 Å². The Kier molecular flexibility index (Phi) is 4.01. The predicted molar refractivity (Wildman–Crippen MR) is 90.7 cm³/mol. The highest BCUT2D eigenvalue weighted by molar-refractivity contribution is 5.90. The fourth-order valence-electron chi connectivity index (χ4n) is 3.18. The Hall–Kier alpha value is -3.03. The highest BCUT2D eigenvalue weighted by atomic mass is 16.2. The highest BCUT2D eigenvalue weighted by Crippen LogP contribution is 2.22. The second kappa shape index (κ2) is 6.46. The zero-order valence-corrected chi connectivity index (χ0v) is 14.0. The molecule has 1 unspecified atom stereocenters. The molecular formula is C17H19N7O. The minimum Gasteiger partial charge on any atom is -0.347 e. The summed E-state index contributed by atoms with van der Waals surface area (Å²) in [5.41, 5.74) is 0.955. The predicted octanol–water partition coefficient (Wildman–Crippen LogP) is 1.21. The lowest BCUT2D eigenvalue weighted by Crippen LogP contribution is -2.36. The van der Waals surface area contributed by atoms with Crippen LogP contribution in [0, 0.1) is 0 Å². The van der Waals surface area contributed by atoms with Gasteiger partial charge in [-0.1, -0.05) is 0 Å². The summed E-state index contributed by atoms with van der Waals surface area (Å²) in [6.07, 6.45) is 9.37. The first-order chi connectivity index (χ1) is 12.2.